The second-order valence-electron chi connectivity index (χ2n) is 2.30. The molecule has 0 aliphatic rings. The van der Waals surface area contributed by atoms with Gasteiger partial charge in [-0.3, -0.25) is 4.79 Å². The second kappa shape index (κ2) is 4.40. The first-order valence-corrected chi connectivity index (χ1v) is 5.00. The minimum atomic E-state index is -0.654. The van der Waals surface area contributed by atoms with E-state index in [-0.39, 0.29) is 16.5 Å². The van der Waals surface area contributed by atoms with Crippen molar-refractivity contribution in [1.29, 1.82) is 0 Å². The van der Waals surface area contributed by atoms with Gasteiger partial charge in [0, 0.05) is 4.47 Å². The molecule has 1 aromatic carbocycles. The van der Waals surface area contributed by atoms with Gasteiger partial charge in [0.05, 0.1) is 16.5 Å². The summed E-state index contributed by atoms with van der Waals surface area (Å²) in [5, 5.41) is 0.226. The Balaban J connectivity index is 3.23. The van der Waals surface area contributed by atoms with Gasteiger partial charge < -0.3 is 0 Å². The molecule has 5 heteroatoms. The maximum atomic E-state index is 13.1. The van der Waals surface area contributed by atoms with Crippen LogP contribution in [0, 0.1) is 5.82 Å². The molecular weight excluding hydrogens is 282 g/mol. The lowest BCUT2D eigenvalue weighted by Gasteiger charge is -2.02. The summed E-state index contributed by atoms with van der Waals surface area (Å²) in [4.78, 5) is 11.1. The average molecular weight is 286 g/mol. The fraction of sp³-hybridized carbons (Fsp3) is 0.125. The molecule has 1 nitrogen and oxygen atoms in total. The van der Waals surface area contributed by atoms with Crippen molar-refractivity contribution in [3.63, 3.8) is 0 Å². The van der Waals surface area contributed by atoms with E-state index in [0.29, 0.717) is 4.47 Å². The Labute approximate surface area is 93.0 Å². The van der Waals surface area contributed by atoms with Crippen LogP contribution in [-0.4, -0.2) is 11.7 Å². The van der Waals surface area contributed by atoms with Crippen LogP contribution in [-0.2, 0) is 0 Å². The van der Waals surface area contributed by atoms with E-state index in [1.165, 1.54) is 6.07 Å². The predicted octanol–water partition coefficient (Wildman–Crippen LogP) is 3.66. The maximum Gasteiger partial charge on any atom is 0.180 e. The summed E-state index contributed by atoms with van der Waals surface area (Å²) in [6.45, 7) is 0. The predicted molar refractivity (Wildman–Crippen MR) is 54.2 cm³/mol. The zero-order valence-corrected chi connectivity index (χ0v) is 9.38. The Morgan fingerprint density at radius 1 is 1.54 bits per heavy atom. The van der Waals surface area contributed by atoms with Crippen LogP contribution in [0.2, 0.25) is 5.02 Å². The number of carbonyl (C=O) groups is 1. The van der Waals surface area contributed by atoms with E-state index in [1.54, 1.807) is 0 Å². The number of ketones is 1. The summed E-state index contributed by atoms with van der Waals surface area (Å²) in [6, 6.07) is 2.40. The largest absolute Gasteiger partial charge is 0.293 e. The van der Waals surface area contributed by atoms with E-state index in [9.17, 15) is 9.18 Å². The first-order valence-electron chi connectivity index (χ1n) is 3.30. The van der Waals surface area contributed by atoms with Gasteiger partial charge in [0.25, 0.3) is 0 Å². The van der Waals surface area contributed by atoms with Crippen molar-refractivity contribution >= 4 is 44.9 Å². The van der Waals surface area contributed by atoms with E-state index in [4.69, 9.17) is 23.2 Å². The van der Waals surface area contributed by atoms with Crippen molar-refractivity contribution < 1.29 is 9.18 Å². The smallest absolute Gasteiger partial charge is 0.180 e. The van der Waals surface area contributed by atoms with Crippen molar-refractivity contribution in [2.75, 3.05) is 5.88 Å². The first-order chi connectivity index (χ1) is 6.06. The number of hydrogen-bond donors (Lipinski definition) is 0. The summed E-state index contributed by atoms with van der Waals surface area (Å²) in [5.74, 6) is -1.36. The van der Waals surface area contributed by atoms with E-state index >= 15 is 0 Å². The van der Waals surface area contributed by atoms with Gasteiger partial charge in [0.2, 0.25) is 0 Å². The molecule has 0 spiro atoms. The van der Waals surface area contributed by atoms with Crippen molar-refractivity contribution in [3.8, 4) is 0 Å². The summed E-state index contributed by atoms with van der Waals surface area (Å²) in [7, 11) is 0. The van der Waals surface area contributed by atoms with Gasteiger partial charge in [-0.05, 0) is 28.1 Å². The molecule has 0 bridgehead atoms. The van der Waals surface area contributed by atoms with E-state index in [1.807, 2.05) is 0 Å². The first kappa shape index (κ1) is 11.0. The summed E-state index contributed by atoms with van der Waals surface area (Å²) < 4.78 is 13.6. The standard InChI is InChI=1S/C8H4BrCl2FO/c9-5-1-4(8(13)3-10)7(12)2-6(5)11/h1-2H,3H2. The second-order valence-corrected chi connectivity index (χ2v) is 3.83. The topological polar surface area (TPSA) is 17.1 Å². The molecule has 0 heterocycles. The van der Waals surface area contributed by atoms with Gasteiger partial charge >= 0.3 is 0 Å². The Bertz CT molecular complexity index is 354. The highest BCUT2D eigenvalue weighted by Crippen LogP contribution is 2.25. The number of benzene rings is 1. The van der Waals surface area contributed by atoms with Crippen LogP contribution in [0.3, 0.4) is 0 Å². The number of Topliss-reactive ketones (excluding diaryl/α,β-unsaturated/α-hetero) is 1. The van der Waals surface area contributed by atoms with Gasteiger partial charge in [0.15, 0.2) is 5.78 Å². The zero-order chi connectivity index (χ0) is 10.0. The minimum absolute atomic E-state index is 0.0497. The number of alkyl halides is 1. The maximum absolute atomic E-state index is 13.1. The molecule has 0 radical (unpaired) electrons. The molecule has 0 unspecified atom stereocenters. The lowest BCUT2D eigenvalue weighted by molar-refractivity contribution is 0.101. The quantitative estimate of drug-likeness (QED) is 0.460. The van der Waals surface area contributed by atoms with E-state index in [0.717, 1.165) is 6.07 Å². The van der Waals surface area contributed by atoms with Crippen LogP contribution in [0.15, 0.2) is 16.6 Å². The molecule has 0 saturated carbocycles. The minimum Gasteiger partial charge on any atom is -0.293 e. The molecule has 0 fully saturated rings. The third-order valence-corrected chi connectivity index (χ3v) is 2.87. The molecule has 0 N–H and O–H groups in total. The molecule has 1 aromatic rings. The third kappa shape index (κ3) is 2.42. The molecule has 0 aliphatic heterocycles. The van der Waals surface area contributed by atoms with E-state index in [2.05, 4.69) is 15.9 Å². The summed E-state index contributed by atoms with van der Waals surface area (Å²) in [6.07, 6.45) is 0. The van der Waals surface area contributed by atoms with Crippen molar-refractivity contribution in [2.24, 2.45) is 0 Å². The van der Waals surface area contributed by atoms with Gasteiger partial charge in [0.1, 0.15) is 5.82 Å². The number of halogens is 4. The molecule has 0 aromatic heterocycles. The molecule has 0 saturated heterocycles. The fourth-order valence-electron chi connectivity index (χ4n) is 0.808. The third-order valence-electron chi connectivity index (χ3n) is 1.43. The van der Waals surface area contributed by atoms with Crippen LogP contribution >= 0.6 is 39.1 Å². The van der Waals surface area contributed by atoms with Crippen LogP contribution in [0.25, 0.3) is 0 Å². The fourth-order valence-corrected chi connectivity index (χ4v) is 1.45. The monoisotopic (exact) mass is 284 g/mol. The van der Waals surface area contributed by atoms with Crippen LogP contribution in [0.4, 0.5) is 4.39 Å². The lowest BCUT2D eigenvalue weighted by Crippen LogP contribution is -2.03. The zero-order valence-electron chi connectivity index (χ0n) is 6.28. The number of rotatable bonds is 2. The highest BCUT2D eigenvalue weighted by atomic mass is 79.9. The van der Waals surface area contributed by atoms with Crippen molar-refractivity contribution in [3.05, 3.63) is 33.0 Å². The molecule has 13 heavy (non-hydrogen) atoms. The van der Waals surface area contributed by atoms with Gasteiger partial charge in [-0.1, -0.05) is 11.6 Å². The van der Waals surface area contributed by atoms with Gasteiger partial charge in [-0.25, -0.2) is 4.39 Å². The highest BCUT2D eigenvalue weighted by Gasteiger charge is 2.12. The highest BCUT2D eigenvalue weighted by molar-refractivity contribution is 9.10. The van der Waals surface area contributed by atoms with Gasteiger partial charge in [-0.2, -0.15) is 0 Å². The summed E-state index contributed by atoms with van der Waals surface area (Å²) in [5.41, 5.74) is -0.0497. The molecule has 0 atom stereocenters. The normalized spacial score (nSPS) is 10.2. The van der Waals surface area contributed by atoms with E-state index < -0.39 is 11.6 Å². The molecule has 1 rings (SSSR count). The van der Waals surface area contributed by atoms with Crippen LogP contribution < -0.4 is 0 Å². The Morgan fingerprint density at radius 3 is 2.69 bits per heavy atom. The molecular formula is C8H4BrCl2FO. The van der Waals surface area contributed by atoms with Crippen molar-refractivity contribution in [2.45, 2.75) is 0 Å². The molecule has 0 aliphatic carbocycles. The average Bonchev–Trinajstić information content (AvgIpc) is 2.10. The van der Waals surface area contributed by atoms with Crippen LogP contribution in [0.1, 0.15) is 10.4 Å². The van der Waals surface area contributed by atoms with Crippen molar-refractivity contribution in [1.82, 2.24) is 0 Å². The Hall–Kier alpha value is -0.120. The molecule has 0 amide bonds. The summed E-state index contributed by atoms with van der Waals surface area (Å²) >= 11 is 14.0. The van der Waals surface area contributed by atoms with Gasteiger partial charge in [-0.15, -0.1) is 11.6 Å². The Morgan fingerprint density at radius 2 is 2.15 bits per heavy atom. The molecule has 70 valence electrons. The number of carbonyl (C=O) groups excluding carboxylic acids is 1. The Kier molecular flexibility index (Phi) is 3.71. The SMILES string of the molecule is O=C(CCl)c1cc(Br)c(Cl)cc1F. The lowest BCUT2D eigenvalue weighted by atomic mass is 10.1. The number of hydrogen-bond acceptors (Lipinski definition) is 1. The van der Waals surface area contributed by atoms with Crippen LogP contribution in [0.5, 0.6) is 0 Å².